The third-order valence-electron chi connectivity index (χ3n) is 2.62. The van der Waals surface area contributed by atoms with E-state index in [0.717, 1.165) is 11.3 Å². The molecule has 102 valence electrons. The molecule has 0 radical (unpaired) electrons. The number of rotatable bonds is 6. The van der Waals surface area contributed by atoms with Crippen LogP contribution in [0.4, 0.5) is 11.4 Å². The van der Waals surface area contributed by atoms with Gasteiger partial charge in [-0.05, 0) is 37.3 Å². The Kier molecular flexibility index (Phi) is 4.11. The smallest absolute Gasteiger partial charge is 0.232 e. The minimum absolute atomic E-state index is 0.0630. The molecule has 1 heterocycles. The van der Waals surface area contributed by atoms with E-state index in [1.54, 1.807) is 31.6 Å². The number of nitrogens with one attached hydrogen (secondary N) is 2. The van der Waals surface area contributed by atoms with Crippen LogP contribution in [0.2, 0.25) is 0 Å². The van der Waals surface area contributed by atoms with Crippen LogP contribution >= 0.6 is 0 Å². The molecule has 2 rings (SSSR count). The Balaban J connectivity index is 1.95. The van der Waals surface area contributed by atoms with Gasteiger partial charge < -0.3 is 9.73 Å². The Morgan fingerprint density at radius 3 is 2.37 bits per heavy atom. The lowest BCUT2D eigenvalue weighted by atomic mass is 10.2. The molecule has 0 aliphatic rings. The highest BCUT2D eigenvalue weighted by Gasteiger charge is 2.06. The number of sulfonamides is 1. The number of furan rings is 1. The van der Waals surface area contributed by atoms with Gasteiger partial charge in [-0.3, -0.25) is 4.72 Å². The molecule has 0 amide bonds. The third kappa shape index (κ3) is 4.03. The topological polar surface area (TPSA) is 71.3 Å². The van der Waals surface area contributed by atoms with Crippen molar-refractivity contribution in [2.24, 2.45) is 0 Å². The van der Waals surface area contributed by atoms with Crippen LogP contribution in [0.5, 0.6) is 0 Å². The number of hydrogen-bond donors (Lipinski definition) is 2. The van der Waals surface area contributed by atoms with Crippen LogP contribution in [0.25, 0.3) is 0 Å². The second kappa shape index (κ2) is 5.79. The molecule has 0 fully saturated rings. The van der Waals surface area contributed by atoms with Gasteiger partial charge in [-0.2, -0.15) is 0 Å². The first-order valence-electron chi connectivity index (χ1n) is 5.94. The van der Waals surface area contributed by atoms with Crippen LogP contribution in [0.1, 0.15) is 12.5 Å². The van der Waals surface area contributed by atoms with Crippen molar-refractivity contribution in [2.75, 3.05) is 15.8 Å². The van der Waals surface area contributed by atoms with Crippen LogP contribution in [0.15, 0.2) is 47.3 Å². The zero-order valence-electron chi connectivity index (χ0n) is 10.6. The maximum atomic E-state index is 11.4. The van der Waals surface area contributed by atoms with Crippen molar-refractivity contribution < 1.29 is 12.8 Å². The Morgan fingerprint density at radius 2 is 1.79 bits per heavy atom. The molecule has 0 spiro atoms. The van der Waals surface area contributed by atoms with E-state index in [-0.39, 0.29) is 5.75 Å². The van der Waals surface area contributed by atoms with Crippen molar-refractivity contribution in [3.8, 4) is 0 Å². The number of benzene rings is 1. The fraction of sp³-hybridized carbons (Fsp3) is 0.231. The Labute approximate surface area is 112 Å². The summed E-state index contributed by atoms with van der Waals surface area (Å²) in [5.41, 5.74) is 2.53. The minimum atomic E-state index is -3.22. The maximum absolute atomic E-state index is 11.4. The highest BCUT2D eigenvalue weighted by molar-refractivity contribution is 7.92. The van der Waals surface area contributed by atoms with E-state index in [0.29, 0.717) is 12.2 Å². The van der Waals surface area contributed by atoms with E-state index in [4.69, 9.17) is 4.42 Å². The van der Waals surface area contributed by atoms with Crippen LogP contribution in [-0.2, 0) is 16.6 Å². The lowest BCUT2D eigenvalue weighted by Crippen LogP contribution is -2.14. The van der Waals surface area contributed by atoms with Crippen molar-refractivity contribution in [2.45, 2.75) is 13.5 Å². The Morgan fingerprint density at radius 1 is 1.11 bits per heavy atom. The summed E-state index contributed by atoms with van der Waals surface area (Å²) in [6.07, 6.45) is 3.30. The predicted octanol–water partition coefficient (Wildman–Crippen LogP) is 2.65. The van der Waals surface area contributed by atoms with Gasteiger partial charge in [0.1, 0.15) is 0 Å². The van der Waals surface area contributed by atoms with E-state index < -0.39 is 10.0 Å². The fourth-order valence-corrected chi connectivity index (χ4v) is 2.14. The van der Waals surface area contributed by atoms with Gasteiger partial charge in [0, 0.05) is 23.5 Å². The summed E-state index contributed by atoms with van der Waals surface area (Å²) < 4.78 is 30.3. The molecule has 0 aliphatic heterocycles. The monoisotopic (exact) mass is 280 g/mol. The zero-order chi connectivity index (χ0) is 13.7. The zero-order valence-corrected chi connectivity index (χ0v) is 11.4. The summed E-state index contributed by atoms with van der Waals surface area (Å²) in [4.78, 5) is 0. The Bertz CT molecular complexity index is 604. The maximum Gasteiger partial charge on any atom is 0.232 e. The predicted molar refractivity (Wildman–Crippen MR) is 75.6 cm³/mol. The lowest BCUT2D eigenvalue weighted by Gasteiger charge is -2.08. The normalized spacial score (nSPS) is 11.2. The van der Waals surface area contributed by atoms with E-state index in [9.17, 15) is 8.42 Å². The highest BCUT2D eigenvalue weighted by Crippen LogP contribution is 2.15. The molecule has 5 nitrogen and oxygen atoms in total. The van der Waals surface area contributed by atoms with Gasteiger partial charge in [0.25, 0.3) is 0 Å². The molecule has 0 atom stereocenters. The lowest BCUT2D eigenvalue weighted by molar-refractivity contribution is 0.564. The van der Waals surface area contributed by atoms with E-state index in [1.165, 1.54) is 0 Å². The van der Waals surface area contributed by atoms with Crippen molar-refractivity contribution in [3.05, 3.63) is 48.4 Å². The average Bonchev–Trinajstić information content (AvgIpc) is 2.91. The molecule has 0 saturated carbocycles. The highest BCUT2D eigenvalue weighted by atomic mass is 32.2. The van der Waals surface area contributed by atoms with Crippen LogP contribution in [0.3, 0.4) is 0 Å². The number of anilines is 2. The van der Waals surface area contributed by atoms with Gasteiger partial charge in [0.05, 0.1) is 18.3 Å². The third-order valence-corrected chi connectivity index (χ3v) is 3.92. The quantitative estimate of drug-likeness (QED) is 0.853. The summed E-state index contributed by atoms with van der Waals surface area (Å²) in [6, 6.07) is 8.99. The van der Waals surface area contributed by atoms with Crippen molar-refractivity contribution >= 4 is 21.4 Å². The molecule has 0 saturated heterocycles. The second-order valence-electron chi connectivity index (χ2n) is 4.07. The molecule has 1 aromatic heterocycles. The second-order valence-corrected chi connectivity index (χ2v) is 6.08. The summed E-state index contributed by atoms with van der Waals surface area (Å²) >= 11 is 0. The molecular weight excluding hydrogens is 264 g/mol. The molecule has 6 heteroatoms. The van der Waals surface area contributed by atoms with Crippen LogP contribution in [0, 0.1) is 0 Å². The summed E-state index contributed by atoms with van der Waals surface area (Å²) in [5, 5.41) is 3.21. The summed E-state index contributed by atoms with van der Waals surface area (Å²) in [7, 11) is -3.22. The van der Waals surface area contributed by atoms with Gasteiger partial charge in [0.2, 0.25) is 10.0 Å². The number of hydrogen-bond acceptors (Lipinski definition) is 4. The average molecular weight is 280 g/mol. The van der Waals surface area contributed by atoms with Crippen molar-refractivity contribution in [3.63, 3.8) is 0 Å². The van der Waals surface area contributed by atoms with Gasteiger partial charge in [0.15, 0.2) is 0 Å². The molecule has 2 aromatic rings. The van der Waals surface area contributed by atoms with E-state index in [2.05, 4.69) is 10.0 Å². The first kappa shape index (κ1) is 13.5. The van der Waals surface area contributed by atoms with E-state index in [1.807, 2.05) is 18.2 Å². The summed E-state index contributed by atoms with van der Waals surface area (Å²) in [6.45, 7) is 2.26. The largest absolute Gasteiger partial charge is 0.472 e. The molecule has 2 N–H and O–H groups in total. The van der Waals surface area contributed by atoms with Crippen molar-refractivity contribution in [1.29, 1.82) is 0 Å². The summed E-state index contributed by atoms with van der Waals surface area (Å²) in [5.74, 6) is 0.0630. The molecular formula is C13H16N2O3S. The standard InChI is InChI=1S/C13H16N2O3S/c1-2-19(16,17)15-13-5-3-12(4-6-13)14-9-11-7-8-18-10-11/h3-8,10,14-15H,2,9H2,1H3. The first-order valence-corrected chi connectivity index (χ1v) is 7.60. The molecule has 0 aliphatic carbocycles. The first-order chi connectivity index (χ1) is 9.09. The molecule has 1 aromatic carbocycles. The van der Waals surface area contributed by atoms with Gasteiger partial charge >= 0.3 is 0 Å². The molecule has 0 bridgehead atoms. The fourth-order valence-electron chi connectivity index (χ4n) is 1.51. The van der Waals surface area contributed by atoms with Crippen LogP contribution < -0.4 is 10.0 Å². The minimum Gasteiger partial charge on any atom is -0.472 e. The van der Waals surface area contributed by atoms with E-state index >= 15 is 0 Å². The molecule has 0 unspecified atom stereocenters. The van der Waals surface area contributed by atoms with Gasteiger partial charge in [-0.1, -0.05) is 0 Å². The Hall–Kier alpha value is -1.95. The van der Waals surface area contributed by atoms with Crippen LogP contribution in [-0.4, -0.2) is 14.2 Å². The SMILES string of the molecule is CCS(=O)(=O)Nc1ccc(NCc2ccoc2)cc1. The molecule has 19 heavy (non-hydrogen) atoms. The van der Waals surface area contributed by atoms with Crippen molar-refractivity contribution in [1.82, 2.24) is 0 Å². The van der Waals surface area contributed by atoms with Gasteiger partial charge in [-0.25, -0.2) is 8.42 Å². The van der Waals surface area contributed by atoms with Gasteiger partial charge in [-0.15, -0.1) is 0 Å².